The Bertz CT molecular complexity index is 3070. The van der Waals surface area contributed by atoms with Crippen LogP contribution in [0.4, 0.5) is 0 Å². The van der Waals surface area contributed by atoms with Crippen molar-refractivity contribution in [2.75, 3.05) is 7.11 Å². The van der Waals surface area contributed by atoms with E-state index in [1.54, 1.807) is 7.11 Å². The molecule has 4 heterocycles. The maximum absolute atomic E-state index is 6.55. The van der Waals surface area contributed by atoms with Gasteiger partial charge in [0.1, 0.15) is 28.4 Å². The second-order valence-electron chi connectivity index (χ2n) is 14.2. The van der Waals surface area contributed by atoms with Crippen LogP contribution in [-0.2, 0) is 0 Å². The molecule has 0 fully saturated rings. The van der Waals surface area contributed by atoms with E-state index in [1.807, 2.05) is 55.5 Å². The molecule has 0 aliphatic carbocycles. The molecule has 0 saturated heterocycles. The summed E-state index contributed by atoms with van der Waals surface area (Å²) in [6, 6.07) is 62.3. The summed E-state index contributed by atoms with van der Waals surface area (Å²) in [5.41, 5.74) is 14.4. The number of nitrogens with zero attached hydrogens (tertiary/aromatic N) is 2. The van der Waals surface area contributed by atoms with E-state index in [0.717, 1.165) is 112 Å². The van der Waals surface area contributed by atoms with Crippen molar-refractivity contribution in [2.24, 2.45) is 0 Å². The fourth-order valence-electron chi connectivity index (χ4n) is 7.71. The summed E-state index contributed by atoms with van der Waals surface area (Å²) in [6.07, 6.45) is 0. The van der Waals surface area contributed by atoms with Crippen LogP contribution in [0, 0.1) is 6.92 Å². The number of para-hydroxylation sites is 2. The number of pyridine rings is 2. The lowest BCUT2D eigenvalue weighted by Crippen LogP contribution is -1.94. The summed E-state index contributed by atoms with van der Waals surface area (Å²) in [6.45, 7) is 2.02. The highest BCUT2D eigenvalue weighted by Gasteiger charge is 2.17. The molecule has 4 aromatic heterocycles. The quantitative estimate of drug-likeness (QED) is 0.155. The number of aryl methyl sites for hydroxylation is 1. The Hall–Kier alpha value is -7.50. The Labute approximate surface area is 330 Å². The summed E-state index contributed by atoms with van der Waals surface area (Å²) >= 11 is 0. The fourth-order valence-corrected chi connectivity index (χ4v) is 7.71. The summed E-state index contributed by atoms with van der Waals surface area (Å²) in [5, 5.41) is 2.17. The Morgan fingerprint density at radius 1 is 0.404 bits per heavy atom. The van der Waals surface area contributed by atoms with Crippen LogP contribution >= 0.6 is 0 Å². The lowest BCUT2D eigenvalue weighted by molar-refractivity contribution is 0.416. The highest BCUT2D eigenvalue weighted by molar-refractivity contribution is 6.10. The Morgan fingerprint density at radius 2 is 1.04 bits per heavy atom. The van der Waals surface area contributed by atoms with E-state index in [-0.39, 0.29) is 0 Å². The molecule has 5 nitrogen and oxygen atoms in total. The molecule has 0 radical (unpaired) electrons. The maximum Gasteiger partial charge on any atom is 0.143 e. The Balaban J connectivity index is 0.993. The molecule has 0 unspecified atom stereocenters. The maximum atomic E-state index is 6.55. The number of fused-ring (bicyclic) bond motifs is 3. The minimum atomic E-state index is 0.766. The molecule has 5 heteroatoms. The molecular formula is C52H36N2O3. The number of hydrogen-bond donors (Lipinski definition) is 0. The third kappa shape index (κ3) is 6.45. The van der Waals surface area contributed by atoms with Crippen LogP contribution in [0.1, 0.15) is 5.69 Å². The second-order valence-corrected chi connectivity index (χ2v) is 14.2. The van der Waals surface area contributed by atoms with Gasteiger partial charge in [0, 0.05) is 49.8 Å². The van der Waals surface area contributed by atoms with Gasteiger partial charge >= 0.3 is 0 Å². The van der Waals surface area contributed by atoms with Gasteiger partial charge in [-0.05, 0) is 90.3 Å². The van der Waals surface area contributed by atoms with Crippen molar-refractivity contribution in [1.82, 2.24) is 9.97 Å². The number of rotatable bonds is 8. The van der Waals surface area contributed by atoms with Crippen molar-refractivity contribution >= 4 is 21.9 Å². The molecule has 0 aliphatic rings. The zero-order chi connectivity index (χ0) is 38.3. The van der Waals surface area contributed by atoms with Gasteiger partial charge in [-0.1, -0.05) is 115 Å². The number of furan rings is 2. The van der Waals surface area contributed by atoms with Crippen LogP contribution in [0.3, 0.4) is 0 Å². The molecule has 0 aliphatic heterocycles. The molecule has 0 saturated carbocycles. The number of ether oxygens (including phenoxy) is 1. The molecule has 57 heavy (non-hydrogen) atoms. The summed E-state index contributed by atoms with van der Waals surface area (Å²) in [4.78, 5) is 10.2. The summed E-state index contributed by atoms with van der Waals surface area (Å²) in [7, 11) is 1.69. The van der Waals surface area contributed by atoms with Gasteiger partial charge in [0.2, 0.25) is 0 Å². The number of aromatic nitrogens is 2. The number of benzene rings is 6. The molecule has 0 bridgehead atoms. The first-order chi connectivity index (χ1) is 28.1. The van der Waals surface area contributed by atoms with E-state index in [9.17, 15) is 0 Å². The van der Waals surface area contributed by atoms with E-state index in [2.05, 4.69) is 133 Å². The van der Waals surface area contributed by atoms with Crippen molar-refractivity contribution < 1.29 is 13.6 Å². The highest BCUT2D eigenvalue weighted by Crippen LogP contribution is 2.39. The van der Waals surface area contributed by atoms with Gasteiger partial charge in [-0.2, -0.15) is 0 Å². The first-order valence-corrected chi connectivity index (χ1v) is 19.0. The van der Waals surface area contributed by atoms with Crippen LogP contribution < -0.4 is 4.74 Å². The average molecular weight is 737 g/mol. The fraction of sp³-hybridized carbons (Fsp3) is 0.0385. The Morgan fingerprint density at radius 3 is 1.82 bits per heavy atom. The highest BCUT2D eigenvalue weighted by atomic mass is 16.5. The first-order valence-electron chi connectivity index (χ1n) is 19.0. The number of methoxy groups -OCH3 is 1. The van der Waals surface area contributed by atoms with Gasteiger partial charge < -0.3 is 13.6 Å². The van der Waals surface area contributed by atoms with Crippen molar-refractivity contribution in [2.45, 2.75) is 6.92 Å². The monoisotopic (exact) mass is 736 g/mol. The minimum Gasteiger partial charge on any atom is -0.496 e. The molecule has 10 rings (SSSR count). The zero-order valence-corrected chi connectivity index (χ0v) is 31.4. The van der Waals surface area contributed by atoms with E-state index in [1.165, 1.54) is 0 Å². The van der Waals surface area contributed by atoms with E-state index in [4.69, 9.17) is 23.5 Å². The third-order valence-corrected chi connectivity index (χ3v) is 10.5. The van der Waals surface area contributed by atoms with E-state index < -0.39 is 0 Å². The van der Waals surface area contributed by atoms with Crippen LogP contribution in [0.5, 0.6) is 5.75 Å². The van der Waals surface area contributed by atoms with Crippen LogP contribution in [-0.4, -0.2) is 17.1 Å². The molecule has 0 N–H and O–H groups in total. The molecule has 0 spiro atoms. The van der Waals surface area contributed by atoms with Crippen molar-refractivity contribution in [1.29, 1.82) is 0 Å². The lowest BCUT2D eigenvalue weighted by Gasteiger charge is -2.13. The number of hydrogen-bond acceptors (Lipinski definition) is 5. The minimum absolute atomic E-state index is 0.766. The summed E-state index contributed by atoms with van der Waals surface area (Å²) < 4.78 is 18.8. The Kier molecular flexibility index (Phi) is 8.53. The second kappa shape index (κ2) is 14.3. The smallest absolute Gasteiger partial charge is 0.143 e. The zero-order valence-electron chi connectivity index (χ0n) is 31.4. The van der Waals surface area contributed by atoms with Gasteiger partial charge in [0.05, 0.1) is 24.2 Å². The molecule has 6 aromatic carbocycles. The van der Waals surface area contributed by atoms with Gasteiger partial charge in [-0.15, -0.1) is 0 Å². The van der Waals surface area contributed by atoms with Crippen LogP contribution in [0.25, 0.3) is 101 Å². The largest absolute Gasteiger partial charge is 0.496 e. The summed E-state index contributed by atoms with van der Waals surface area (Å²) in [5.74, 6) is 2.31. The van der Waals surface area contributed by atoms with Crippen LogP contribution in [0.15, 0.2) is 191 Å². The van der Waals surface area contributed by atoms with Gasteiger partial charge in [0.25, 0.3) is 0 Å². The molecular weight excluding hydrogens is 701 g/mol. The first kappa shape index (κ1) is 34.0. The predicted molar refractivity (Wildman–Crippen MR) is 231 cm³/mol. The van der Waals surface area contributed by atoms with Crippen molar-refractivity contribution in [3.8, 4) is 84.4 Å². The SMILES string of the molecule is COc1ccccc1-c1cc(-c2ccccc2)cc(-c2cccc(-c3cc(-c4ccc(-c5ccc6c(c5)oc5c(-c7ccccc7)cccc56)o4)cc(C)n3)c2)n1. The van der Waals surface area contributed by atoms with Gasteiger partial charge in [-0.25, -0.2) is 4.98 Å². The molecule has 10 aromatic rings. The molecule has 272 valence electrons. The topological polar surface area (TPSA) is 61.3 Å². The molecule has 0 atom stereocenters. The van der Waals surface area contributed by atoms with Gasteiger partial charge in [0.15, 0.2) is 0 Å². The normalized spacial score (nSPS) is 11.3. The van der Waals surface area contributed by atoms with E-state index in [0.29, 0.717) is 0 Å². The van der Waals surface area contributed by atoms with Crippen LogP contribution in [0.2, 0.25) is 0 Å². The molecule has 0 amide bonds. The standard InChI is InChI=1S/C52H36N2O3/c1-33-27-40(49-26-25-48(56-49)38-23-24-42-43-21-12-20-41(35-15-7-4-8-16-35)52(43)57-51(42)32-38)31-45(53-33)36-17-11-18-37(28-36)46-29-39(34-13-5-3-6-14-34)30-47(54-46)44-19-9-10-22-50(44)55-2/h3-32H,1-2H3. The van der Waals surface area contributed by atoms with Crippen molar-refractivity contribution in [3.63, 3.8) is 0 Å². The van der Waals surface area contributed by atoms with Gasteiger partial charge in [-0.3, -0.25) is 4.98 Å². The average Bonchev–Trinajstić information content (AvgIpc) is 3.92. The third-order valence-electron chi connectivity index (χ3n) is 10.5. The van der Waals surface area contributed by atoms with E-state index >= 15 is 0 Å². The van der Waals surface area contributed by atoms with Crippen molar-refractivity contribution in [3.05, 3.63) is 188 Å². The predicted octanol–water partition coefficient (Wildman–Crippen LogP) is 14.0. The lowest BCUT2D eigenvalue weighted by atomic mass is 9.98.